The molecule has 1 aromatic rings. The maximum absolute atomic E-state index is 11.9. The lowest BCUT2D eigenvalue weighted by Gasteiger charge is -2.63. The van der Waals surface area contributed by atoms with Crippen LogP contribution in [0.25, 0.3) is 0 Å². The van der Waals surface area contributed by atoms with Gasteiger partial charge in [0.1, 0.15) is 0 Å². The first-order valence-corrected chi connectivity index (χ1v) is 10.00. The second-order valence-corrected chi connectivity index (χ2v) is 9.19. The van der Waals surface area contributed by atoms with Crippen LogP contribution in [0.5, 0.6) is 0 Å². The van der Waals surface area contributed by atoms with Crippen molar-refractivity contribution in [1.82, 2.24) is 0 Å². The Morgan fingerprint density at radius 2 is 2.09 bits per heavy atom. The molecule has 0 bridgehead atoms. The van der Waals surface area contributed by atoms with Crippen molar-refractivity contribution in [3.05, 3.63) is 23.8 Å². The molecule has 0 amide bonds. The molecule has 1 saturated heterocycles. The summed E-state index contributed by atoms with van der Waals surface area (Å²) in [4.78, 5) is 0.429. The zero-order valence-electron chi connectivity index (χ0n) is 13.1. The Labute approximate surface area is 132 Å². The topological polar surface area (TPSA) is 55.4 Å². The van der Waals surface area contributed by atoms with Crippen LogP contribution in [0.4, 0.5) is 5.69 Å². The van der Waals surface area contributed by atoms with Gasteiger partial charge in [-0.25, -0.2) is 8.42 Å². The van der Waals surface area contributed by atoms with Crippen molar-refractivity contribution in [3.8, 4) is 0 Å². The molecule has 1 N–H and O–H groups in total. The summed E-state index contributed by atoms with van der Waals surface area (Å²) in [7, 11) is -3.18. The summed E-state index contributed by atoms with van der Waals surface area (Å²) in [6.45, 7) is 2.72. The fourth-order valence-corrected chi connectivity index (χ4v) is 5.72. The molecule has 1 aromatic carbocycles. The minimum absolute atomic E-state index is 0.303. The van der Waals surface area contributed by atoms with E-state index in [1.807, 2.05) is 19.1 Å². The van der Waals surface area contributed by atoms with Crippen LogP contribution in [-0.4, -0.2) is 33.4 Å². The van der Waals surface area contributed by atoms with E-state index in [0.717, 1.165) is 24.3 Å². The molecule has 4 nitrogen and oxygen atoms in total. The number of fused-ring (bicyclic) bond motifs is 2. The van der Waals surface area contributed by atoms with Gasteiger partial charge in [0.25, 0.3) is 0 Å². The van der Waals surface area contributed by atoms with Gasteiger partial charge in [0.05, 0.1) is 11.0 Å². The van der Waals surface area contributed by atoms with Crippen LogP contribution in [0, 0.1) is 18.3 Å². The lowest BCUT2D eigenvalue weighted by Crippen LogP contribution is -2.68. The Kier molecular flexibility index (Phi) is 3.11. The van der Waals surface area contributed by atoms with Crippen LogP contribution in [-0.2, 0) is 14.6 Å². The highest BCUT2D eigenvalue weighted by Crippen LogP contribution is 2.63. The molecule has 120 valence electrons. The van der Waals surface area contributed by atoms with E-state index < -0.39 is 9.84 Å². The first-order chi connectivity index (χ1) is 10.4. The second kappa shape index (κ2) is 4.71. The molecule has 1 spiro atoms. The number of hydrogen-bond donors (Lipinski definition) is 1. The lowest BCUT2D eigenvalue weighted by molar-refractivity contribution is -0.158. The van der Waals surface area contributed by atoms with E-state index in [1.165, 1.54) is 25.5 Å². The summed E-state index contributed by atoms with van der Waals surface area (Å²) in [5.74, 6) is 0.586. The van der Waals surface area contributed by atoms with Crippen LogP contribution < -0.4 is 5.32 Å². The van der Waals surface area contributed by atoms with E-state index in [2.05, 4.69) is 5.32 Å². The molecule has 1 heterocycles. The third-order valence-corrected chi connectivity index (χ3v) is 7.18. The fourth-order valence-electron chi connectivity index (χ4n) is 4.72. The molecule has 2 aliphatic carbocycles. The maximum atomic E-state index is 11.9. The van der Waals surface area contributed by atoms with Crippen molar-refractivity contribution < 1.29 is 13.2 Å². The SMILES string of the molecule is Cc1ccc(N[C@@H]2[C@H]3CCO[C@H]3C23CCC3)cc1S(C)(=O)=O. The summed E-state index contributed by atoms with van der Waals surface area (Å²) in [6, 6.07) is 6.12. The molecule has 3 aliphatic rings. The third kappa shape index (κ3) is 1.95. The van der Waals surface area contributed by atoms with Gasteiger partial charge in [0.15, 0.2) is 9.84 Å². The Morgan fingerprint density at radius 1 is 1.32 bits per heavy atom. The van der Waals surface area contributed by atoms with Crippen molar-refractivity contribution in [2.45, 2.75) is 49.6 Å². The third-order valence-electron chi connectivity index (χ3n) is 5.95. The van der Waals surface area contributed by atoms with Crippen molar-refractivity contribution in [1.29, 1.82) is 0 Å². The van der Waals surface area contributed by atoms with E-state index in [4.69, 9.17) is 4.74 Å². The van der Waals surface area contributed by atoms with Crippen molar-refractivity contribution >= 4 is 15.5 Å². The van der Waals surface area contributed by atoms with Crippen molar-refractivity contribution in [2.24, 2.45) is 11.3 Å². The van der Waals surface area contributed by atoms with Gasteiger partial charge >= 0.3 is 0 Å². The monoisotopic (exact) mass is 321 g/mol. The standard InChI is InChI=1S/C17H23NO3S/c1-11-4-5-12(10-14(11)22(2,19)20)18-15-13-6-9-21-16(13)17(15)7-3-8-17/h4-5,10,13,15-16,18H,3,6-9H2,1-2H3/t13-,15-,16-/m1/s1. The zero-order valence-corrected chi connectivity index (χ0v) is 13.9. The maximum Gasteiger partial charge on any atom is 0.175 e. The predicted octanol–water partition coefficient (Wildman–Crippen LogP) is 2.77. The van der Waals surface area contributed by atoms with E-state index >= 15 is 0 Å². The molecule has 1 aliphatic heterocycles. The van der Waals surface area contributed by atoms with Gasteiger partial charge in [-0.1, -0.05) is 12.5 Å². The number of hydrogen-bond acceptors (Lipinski definition) is 4. The van der Waals surface area contributed by atoms with Gasteiger partial charge in [-0.2, -0.15) is 0 Å². The second-order valence-electron chi connectivity index (χ2n) is 7.21. The minimum atomic E-state index is -3.18. The highest BCUT2D eigenvalue weighted by Gasteiger charge is 2.66. The highest BCUT2D eigenvalue weighted by atomic mass is 32.2. The molecular formula is C17H23NO3S. The van der Waals surface area contributed by atoms with Crippen LogP contribution in [0.2, 0.25) is 0 Å². The normalized spacial score (nSPS) is 32.2. The number of benzene rings is 1. The fraction of sp³-hybridized carbons (Fsp3) is 0.647. The first kappa shape index (κ1) is 14.5. The quantitative estimate of drug-likeness (QED) is 0.930. The van der Waals surface area contributed by atoms with Gasteiger partial charge in [0, 0.05) is 35.9 Å². The number of sulfone groups is 1. The Balaban J connectivity index is 1.61. The summed E-state index contributed by atoms with van der Waals surface area (Å²) in [5.41, 5.74) is 2.03. The minimum Gasteiger partial charge on any atom is -0.381 e. The van der Waals surface area contributed by atoms with Gasteiger partial charge in [-0.15, -0.1) is 0 Å². The number of ether oxygens (including phenoxy) is 1. The van der Waals surface area contributed by atoms with Gasteiger partial charge < -0.3 is 10.1 Å². The molecular weight excluding hydrogens is 298 g/mol. The Hall–Kier alpha value is -1.07. The molecule has 5 heteroatoms. The van der Waals surface area contributed by atoms with Crippen LogP contribution in [0.15, 0.2) is 23.1 Å². The summed E-state index contributed by atoms with van der Waals surface area (Å²) in [6.07, 6.45) is 6.57. The molecule has 22 heavy (non-hydrogen) atoms. The Bertz CT molecular complexity index is 709. The average Bonchev–Trinajstić information content (AvgIpc) is 2.80. The van der Waals surface area contributed by atoms with Gasteiger partial charge in [-0.3, -0.25) is 0 Å². The number of aryl methyl sites for hydroxylation is 1. The molecule has 3 fully saturated rings. The molecule has 0 unspecified atom stereocenters. The summed E-state index contributed by atoms with van der Waals surface area (Å²) >= 11 is 0. The summed E-state index contributed by atoms with van der Waals surface area (Å²) in [5, 5.41) is 3.64. The van der Waals surface area contributed by atoms with E-state index in [0.29, 0.717) is 28.4 Å². The Morgan fingerprint density at radius 3 is 2.73 bits per heavy atom. The van der Waals surface area contributed by atoms with Crippen LogP contribution >= 0.6 is 0 Å². The van der Waals surface area contributed by atoms with Gasteiger partial charge in [-0.05, 0) is 43.9 Å². The number of anilines is 1. The number of rotatable bonds is 3. The largest absolute Gasteiger partial charge is 0.381 e. The first-order valence-electron chi connectivity index (χ1n) is 8.11. The van der Waals surface area contributed by atoms with Crippen LogP contribution in [0.1, 0.15) is 31.2 Å². The summed E-state index contributed by atoms with van der Waals surface area (Å²) < 4.78 is 29.7. The molecule has 4 rings (SSSR count). The lowest BCUT2D eigenvalue weighted by atomic mass is 9.46. The molecule has 0 radical (unpaired) electrons. The van der Waals surface area contributed by atoms with Crippen LogP contribution in [0.3, 0.4) is 0 Å². The molecule has 3 atom stereocenters. The smallest absolute Gasteiger partial charge is 0.175 e. The van der Waals surface area contributed by atoms with E-state index in [9.17, 15) is 8.42 Å². The number of nitrogens with one attached hydrogen (secondary N) is 1. The molecule has 2 saturated carbocycles. The average molecular weight is 321 g/mol. The predicted molar refractivity (Wildman–Crippen MR) is 85.8 cm³/mol. The highest BCUT2D eigenvalue weighted by molar-refractivity contribution is 7.90. The zero-order chi connectivity index (χ0) is 15.5. The van der Waals surface area contributed by atoms with Gasteiger partial charge in [0.2, 0.25) is 0 Å². The van der Waals surface area contributed by atoms with Crippen molar-refractivity contribution in [2.75, 3.05) is 18.2 Å². The molecule has 0 aromatic heterocycles. The van der Waals surface area contributed by atoms with Crippen molar-refractivity contribution in [3.63, 3.8) is 0 Å². The van der Waals surface area contributed by atoms with E-state index in [-0.39, 0.29) is 0 Å². The van der Waals surface area contributed by atoms with E-state index in [1.54, 1.807) is 6.07 Å².